The SMILES string of the molecule is COCCNCc1nnc(NCCC(C)SC)o1. The molecule has 0 radical (unpaired) electrons. The van der Waals surface area contributed by atoms with Crippen molar-refractivity contribution in [3.8, 4) is 0 Å². The van der Waals surface area contributed by atoms with Crippen LogP contribution in [-0.4, -0.2) is 48.5 Å². The molecule has 1 unspecified atom stereocenters. The van der Waals surface area contributed by atoms with Gasteiger partial charge in [-0.2, -0.15) is 11.8 Å². The minimum atomic E-state index is 0.492. The van der Waals surface area contributed by atoms with Crippen molar-refractivity contribution in [1.29, 1.82) is 0 Å². The monoisotopic (exact) mass is 274 g/mol. The molecule has 0 aromatic carbocycles. The van der Waals surface area contributed by atoms with E-state index in [0.717, 1.165) is 19.5 Å². The van der Waals surface area contributed by atoms with Gasteiger partial charge in [0.05, 0.1) is 13.2 Å². The molecule has 0 saturated heterocycles. The molecule has 1 aromatic rings. The average Bonchev–Trinajstić information content (AvgIpc) is 2.82. The van der Waals surface area contributed by atoms with Crippen molar-refractivity contribution in [3.63, 3.8) is 0 Å². The molecule has 18 heavy (non-hydrogen) atoms. The third-order valence-corrected chi connectivity index (χ3v) is 3.50. The van der Waals surface area contributed by atoms with Crippen LogP contribution in [0.3, 0.4) is 0 Å². The Labute approximate surface area is 112 Å². The van der Waals surface area contributed by atoms with Crippen molar-refractivity contribution < 1.29 is 9.15 Å². The summed E-state index contributed by atoms with van der Waals surface area (Å²) in [5.41, 5.74) is 0. The van der Waals surface area contributed by atoms with E-state index < -0.39 is 0 Å². The van der Waals surface area contributed by atoms with Crippen molar-refractivity contribution >= 4 is 17.8 Å². The number of thioether (sulfide) groups is 1. The minimum Gasteiger partial charge on any atom is -0.407 e. The molecule has 6 nitrogen and oxygen atoms in total. The van der Waals surface area contributed by atoms with E-state index in [1.165, 1.54) is 0 Å². The Morgan fingerprint density at radius 3 is 2.94 bits per heavy atom. The second kappa shape index (κ2) is 9.18. The first-order chi connectivity index (χ1) is 8.76. The Kier molecular flexibility index (Phi) is 7.79. The highest BCUT2D eigenvalue weighted by atomic mass is 32.2. The summed E-state index contributed by atoms with van der Waals surface area (Å²) in [6.45, 7) is 5.06. The molecule has 1 heterocycles. The van der Waals surface area contributed by atoms with Crippen molar-refractivity contribution in [2.45, 2.75) is 25.1 Å². The van der Waals surface area contributed by atoms with E-state index >= 15 is 0 Å². The van der Waals surface area contributed by atoms with Crippen molar-refractivity contribution in [2.75, 3.05) is 38.4 Å². The topological polar surface area (TPSA) is 72.2 Å². The van der Waals surface area contributed by atoms with E-state index in [1.54, 1.807) is 7.11 Å². The fourth-order valence-corrected chi connectivity index (χ4v) is 1.62. The summed E-state index contributed by atoms with van der Waals surface area (Å²) in [4.78, 5) is 0. The maximum absolute atomic E-state index is 5.44. The highest BCUT2D eigenvalue weighted by Crippen LogP contribution is 2.10. The third-order valence-electron chi connectivity index (χ3n) is 2.46. The number of nitrogens with zero attached hydrogens (tertiary/aromatic N) is 2. The number of anilines is 1. The van der Waals surface area contributed by atoms with Gasteiger partial charge in [0, 0.05) is 25.4 Å². The first-order valence-corrected chi connectivity index (χ1v) is 7.33. The average molecular weight is 274 g/mol. The molecule has 1 aromatic heterocycles. The van der Waals surface area contributed by atoms with Gasteiger partial charge in [-0.15, -0.1) is 5.10 Å². The van der Waals surface area contributed by atoms with Crippen LogP contribution in [0.1, 0.15) is 19.2 Å². The number of nitrogens with one attached hydrogen (secondary N) is 2. The Balaban J connectivity index is 2.17. The normalized spacial score (nSPS) is 12.6. The molecule has 0 spiro atoms. The lowest BCUT2D eigenvalue weighted by Gasteiger charge is -2.06. The van der Waals surface area contributed by atoms with Crippen LogP contribution in [-0.2, 0) is 11.3 Å². The maximum Gasteiger partial charge on any atom is 0.315 e. The molecule has 0 saturated carbocycles. The number of ether oxygens (including phenoxy) is 1. The smallest absolute Gasteiger partial charge is 0.315 e. The number of aromatic nitrogens is 2. The molecular formula is C11H22N4O2S. The summed E-state index contributed by atoms with van der Waals surface area (Å²) in [7, 11) is 1.67. The van der Waals surface area contributed by atoms with Gasteiger partial charge >= 0.3 is 6.01 Å². The molecule has 0 fully saturated rings. The second-order valence-electron chi connectivity index (χ2n) is 3.93. The molecule has 0 bridgehead atoms. The van der Waals surface area contributed by atoms with Crippen LogP contribution < -0.4 is 10.6 Å². The lowest BCUT2D eigenvalue weighted by atomic mass is 10.3. The summed E-state index contributed by atoms with van der Waals surface area (Å²) < 4.78 is 10.4. The van der Waals surface area contributed by atoms with Gasteiger partial charge in [0.1, 0.15) is 0 Å². The van der Waals surface area contributed by atoms with Gasteiger partial charge in [-0.3, -0.25) is 0 Å². The fourth-order valence-electron chi connectivity index (χ4n) is 1.27. The van der Waals surface area contributed by atoms with Crippen LogP contribution in [0.5, 0.6) is 0 Å². The molecular weight excluding hydrogens is 252 g/mol. The van der Waals surface area contributed by atoms with E-state index in [0.29, 0.717) is 30.3 Å². The Hall–Kier alpha value is -0.790. The van der Waals surface area contributed by atoms with E-state index in [2.05, 4.69) is 34.0 Å². The molecule has 1 atom stereocenters. The molecule has 0 aliphatic carbocycles. The van der Waals surface area contributed by atoms with E-state index in [9.17, 15) is 0 Å². The van der Waals surface area contributed by atoms with E-state index in [4.69, 9.17) is 9.15 Å². The van der Waals surface area contributed by atoms with Crippen LogP contribution in [0.4, 0.5) is 6.01 Å². The van der Waals surface area contributed by atoms with Gasteiger partial charge in [-0.1, -0.05) is 12.0 Å². The first-order valence-electron chi connectivity index (χ1n) is 6.05. The van der Waals surface area contributed by atoms with Gasteiger partial charge in [-0.05, 0) is 12.7 Å². The second-order valence-corrected chi connectivity index (χ2v) is 5.21. The van der Waals surface area contributed by atoms with Crippen molar-refractivity contribution in [1.82, 2.24) is 15.5 Å². The highest BCUT2D eigenvalue weighted by molar-refractivity contribution is 7.99. The fraction of sp³-hybridized carbons (Fsp3) is 0.818. The van der Waals surface area contributed by atoms with Gasteiger partial charge < -0.3 is 19.8 Å². The molecule has 0 amide bonds. The minimum absolute atomic E-state index is 0.492. The van der Waals surface area contributed by atoms with Gasteiger partial charge in [0.2, 0.25) is 5.89 Å². The zero-order chi connectivity index (χ0) is 13.2. The maximum atomic E-state index is 5.44. The van der Waals surface area contributed by atoms with E-state index in [-0.39, 0.29) is 0 Å². The summed E-state index contributed by atoms with van der Waals surface area (Å²) in [6, 6.07) is 0.492. The van der Waals surface area contributed by atoms with Crippen LogP contribution in [0, 0.1) is 0 Å². The number of hydrogen-bond donors (Lipinski definition) is 2. The molecule has 0 aliphatic rings. The van der Waals surface area contributed by atoms with Gasteiger partial charge in [0.25, 0.3) is 0 Å². The molecule has 7 heteroatoms. The highest BCUT2D eigenvalue weighted by Gasteiger charge is 2.05. The largest absolute Gasteiger partial charge is 0.407 e. The molecule has 2 N–H and O–H groups in total. The summed E-state index contributed by atoms with van der Waals surface area (Å²) >= 11 is 1.85. The zero-order valence-electron chi connectivity index (χ0n) is 11.2. The quantitative estimate of drug-likeness (QED) is 0.624. The third kappa shape index (κ3) is 6.23. The Bertz CT molecular complexity index is 322. The zero-order valence-corrected chi connectivity index (χ0v) is 12.0. The summed E-state index contributed by atoms with van der Waals surface area (Å²) in [6.07, 6.45) is 3.19. The number of rotatable bonds is 10. The lowest BCUT2D eigenvalue weighted by molar-refractivity contribution is 0.198. The standard InChI is InChI=1S/C11H22N4O2S/c1-9(18-3)4-5-13-11-15-14-10(17-11)8-12-6-7-16-2/h9,12H,4-8H2,1-3H3,(H,13,15). The van der Waals surface area contributed by atoms with Gasteiger partial charge in [-0.25, -0.2) is 0 Å². The van der Waals surface area contributed by atoms with E-state index in [1.807, 2.05) is 11.8 Å². The summed E-state index contributed by atoms with van der Waals surface area (Å²) in [5, 5.41) is 14.8. The predicted molar refractivity (Wildman–Crippen MR) is 74.0 cm³/mol. The Morgan fingerprint density at radius 2 is 2.22 bits per heavy atom. The summed E-state index contributed by atoms with van der Waals surface area (Å²) in [5.74, 6) is 0.589. The van der Waals surface area contributed by atoms with Crippen LogP contribution in [0.15, 0.2) is 4.42 Å². The van der Waals surface area contributed by atoms with Crippen LogP contribution in [0.2, 0.25) is 0 Å². The predicted octanol–water partition coefficient (Wildman–Crippen LogP) is 1.36. The molecule has 104 valence electrons. The van der Waals surface area contributed by atoms with Crippen molar-refractivity contribution in [3.05, 3.63) is 5.89 Å². The van der Waals surface area contributed by atoms with Gasteiger partial charge in [0.15, 0.2) is 0 Å². The molecule has 0 aliphatic heterocycles. The van der Waals surface area contributed by atoms with Crippen molar-refractivity contribution in [2.24, 2.45) is 0 Å². The van der Waals surface area contributed by atoms with Crippen LogP contribution in [0.25, 0.3) is 0 Å². The number of hydrogen-bond acceptors (Lipinski definition) is 7. The lowest BCUT2D eigenvalue weighted by Crippen LogP contribution is -2.18. The number of methoxy groups -OCH3 is 1. The first kappa shape index (κ1) is 15.3. The Morgan fingerprint density at radius 1 is 1.39 bits per heavy atom. The molecule has 1 rings (SSSR count). The van der Waals surface area contributed by atoms with Crippen LogP contribution >= 0.6 is 11.8 Å².